The Morgan fingerprint density at radius 1 is 1.20 bits per heavy atom. The molecule has 1 aromatic carbocycles. The number of carbonyl (C=O) groups excluding carboxylic acids is 2. The van der Waals surface area contributed by atoms with Gasteiger partial charge in [-0.1, -0.05) is 11.6 Å². The monoisotopic (exact) mass is 286 g/mol. The lowest BCUT2D eigenvalue weighted by molar-refractivity contribution is 0.0955. The maximum atomic E-state index is 12.5. The molecule has 0 bridgehead atoms. The van der Waals surface area contributed by atoms with Crippen LogP contribution in [-0.4, -0.2) is 23.2 Å². The van der Waals surface area contributed by atoms with Crippen molar-refractivity contribution in [2.75, 3.05) is 11.4 Å². The number of carbonyl (C=O) groups is 2. The average Bonchev–Trinajstić information content (AvgIpc) is 2.48. The summed E-state index contributed by atoms with van der Waals surface area (Å²) in [6.07, 6.45) is 3.47. The highest BCUT2D eigenvalue weighted by molar-refractivity contribution is 6.31. The number of hydrogen-bond donors (Lipinski definition) is 0. The highest BCUT2D eigenvalue weighted by atomic mass is 35.5. The summed E-state index contributed by atoms with van der Waals surface area (Å²) in [4.78, 5) is 29.9. The van der Waals surface area contributed by atoms with Gasteiger partial charge in [0.25, 0.3) is 5.91 Å². The molecule has 0 radical (unpaired) electrons. The van der Waals surface area contributed by atoms with Crippen LogP contribution < -0.4 is 4.90 Å². The average molecular weight is 287 g/mol. The van der Waals surface area contributed by atoms with E-state index in [9.17, 15) is 9.59 Å². The zero-order chi connectivity index (χ0) is 14.1. The molecule has 1 aliphatic heterocycles. The van der Waals surface area contributed by atoms with Gasteiger partial charge in [-0.25, -0.2) is 0 Å². The number of pyridine rings is 1. The van der Waals surface area contributed by atoms with Gasteiger partial charge in [-0.3, -0.25) is 14.6 Å². The molecule has 20 heavy (non-hydrogen) atoms. The molecule has 0 saturated heterocycles. The van der Waals surface area contributed by atoms with Crippen LogP contribution in [0.4, 0.5) is 5.69 Å². The van der Waals surface area contributed by atoms with E-state index >= 15 is 0 Å². The van der Waals surface area contributed by atoms with Crippen molar-refractivity contribution < 1.29 is 9.59 Å². The minimum atomic E-state index is -0.150. The normalized spacial score (nSPS) is 14.1. The number of nitrogens with zero attached hydrogens (tertiary/aromatic N) is 2. The summed E-state index contributed by atoms with van der Waals surface area (Å²) in [6, 6.07) is 8.31. The van der Waals surface area contributed by atoms with Crippen LogP contribution in [0, 0.1) is 0 Å². The van der Waals surface area contributed by atoms with Gasteiger partial charge in [0.05, 0.1) is 5.69 Å². The molecule has 0 fully saturated rings. The molecule has 3 rings (SSSR count). The lowest BCUT2D eigenvalue weighted by Gasteiger charge is -2.28. The van der Waals surface area contributed by atoms with Crippen LogP contribution in [0.3, 0.4) is 0 Å². The van der Waals surface area contributed by atoms with Crippen LogP contribution in [0.2, 0.25) is 5.02 Å². The van der Waals surface area contributed by atoms with Crippen LogP contribution in [-0.2, 0) is 0 Å². The van der Waals surface area contributed by atoms with Gasteiger partial charge in [0.15, 0.2) is 5.78 Å². The summed E-state index contributed by atoms with van der Waals surface area (Å²) < 4.78 is 0. The van der Waals surface area contributed by atoms with Crippen LogP contribution >= 0.6 is 11.6 Å². The predicted molar refractivity (Wildman–Crippen MR) is 76.3 cm³/mol. The third-order valence-electron chi connectivity index (χ3n) is 3.29. The van der Waals surface area contributed by atoms with Gasteiger partial charge < -0.3 is 4.90 Å². The molecular formula is C15H11ClN2O2. The highest BCUT2D eigenvalue weighted by Gasteiger charge is 2.28. The predicted octanol–water partition coefficient (Wildman–Crippen LogP) is 2.97. The maximum absolute atomic E-state index is 12.5. The number of amides is 1. The van der Waals surface area contributed by atoms with Crippen LogP contribution in [0.25, 0.3) is 0 Å². The largest absolute Gasteiger partial charge is 0.307 e. The zero-order valence-corrected chi connectivity index (χ0v) is 11.3. The molecule has 100 valence electrons. The minimum Gasteiger partial charge on any atom is -0.307 e. The van der Waals surface area contributed by atoms with Crippen LogP contribution in [0.1, 0.15) is 27.1 Å². The second-order valence-corrected chi connectivity index (χ2v) is 4.96. The number of fused-ring (bicyclic) bond motifs is 1. The Bertz CT molecular complexity index is 686. The van der Waals surface area contributed by atoms with Crippen molar-refractivity contribution in [2.24, 2.45) is 0 Å². The number of halogens is 1. The minimum absolute atomic E-state index is 0.0374. The van der Waals surface area contributed by atoms with Crippen molar-refractivity contribution in [2.45, 2.75) is 6.42 Å². The van der Waals surface area contributed by atoms with E-state index in [0.717, 1.165) is 0 Å². The fourth-order valence-electron chi connectivity index (χ4n) is 2.29. The molecule has 0 atom stereocenters. The zero-order valence-electron chi connectivity index (χ0n) is 10.5. The summed E-state index contributed by atoms with van der Waals surface area (Å²) in [7, 11) is 0. The molecular weight excluding hydrogens is 276 g/mol. The van der Waals surface area contributed by atoms with Gasteiger partial charge >= 0.3 is 0 Å². The Kier molecular flexibility index (Phi) is 3.24. The van der Waals surface area contributed by atoms with Gasteiger partial charge in [-0.05, 0) is 30.3 Å². The highest BCUT2D eigenvalue weighted by Crippen LogP contribution is 2.30. The van der Waals surface area contributed by atoms with E-state index in [4.69, 9.17) is 11.6 Å². The number of ketones is 1. The summed E-state index contributed by atoms with van der Waals surface area (Å²) in [5.74, 6) is -0.112. The first kappa shape index (κ1) is 12.8. The van der Waals surface area contributed by atoms with E-state index in [1.165, 1.54) is 0 Å². The van der Waals surface area contributed by atoms with Crippen molar-refractivity contribution in [3.8, 4) is 0 Å². The lowest BCUT2D eigenvalue weighted by Crippen LogP contribution is -2.37. The van der Waals surface area contributed by atoms with E-state index in [1.807, 2.05) is 0 Å². The molecule has 5 heteroatoms. The molecule has 2 heterocycles. The molecule has 1 aromatic heterocycles. The Balaban J connectivity index is 2.05. The summed E-state index contributed by atoms with van der Waals surface area (Å²) in [5, 5.41) is 0.506. The van der Waals surface area contributed by atoms with Crippen molar-refractivity contribution in [3.63, 3.8) is 0 Å². The van der Waals surface area contributed by atoms with E-state index in [0.29, 0.717) is 34.8 Å². The third-order valence-corrected chi connectivity index (χ3v) is 3.52. The molecule has 0 aliphatic carbocycles. The number of rotatable bonds is 1. The number of aromatic nitrogens is 1. The van der Waals surface area contributed by atoms with Gasteiger partial charge in [0.2, 0.25) is 0 Å². The molecule has 4 nitrogen and oxygen atoms in total. The molecule has 0 N–H and O–H groups in total. The van der Waals surface area contributed by atoms with Gasteiger partial charge in [-0.15, -0.1) is 0 Å². The number of hydrogen-bond acceptors (Lipinski definition) is 3. The summed E-state index contributed by atoms with van der Waals surface area (Å²) in [6.45, 7) is 0.368. The molecule has 1 amide bonds. The number of Topliss-reactive ketones (excluding diaryl/α,β-unsaturated/α-hetero) is 1. The molecule has 2 aromatic rings. The first-order chi connectivity index (χ1) is 9.66. The van der Waals surface area contributed by atoms with E-state index in [-0.39, 0.29) is 11.7 Å². The number of benzene rings is 1. The van der Waals surface area contributed by atoms with Crippen molar-refractivity contribution in [1.82, 2.24) is 4.98 Å². The lowest BCUT2D eigenvalue weighted by atomic mass is 9.99. The molecule has 0 saturated carbocycles. The fraction of sp³-hybridized carbons (Fsp3) is 0.133. The van der Waals surface area contributed by atoms with Crippen LogP contribution in [0.15, 0.2) is 42.7 Å². The van der Waals surface area contributed by atoms with Gasteiger partial charge in [0, 0.05) is 41.5 Å². The molecule has 1 aliphatic rings. The smallest absolute Gasteiger partial charge is 0.258 e. The van der Waals surface area contributed by atoms with E-state index in [1.54, 1.807) is 47.6 Å². The van der Waals surface area contributed by atoms with Gasteiger partial charge in [0.1, 0.15) is 0 Å². The Hall–Kier alpha value is -2.20. The quantitative estimate of drug-likeness (QED) is 0.810. The third kappa shape index (κ3) is 2.18. The Morgan fingerprint density at radius 3 is 2.70 bits per heavy atom. The molecule has 0 spiro atoms. The Morgan fingerprint density at radius 2 is 1.95 bits per heavy atom. The van der Waals surface area contributed by atoms with Crippen molar-refractivity contribution in [3.05, 3.63) is 58.9 Å². The van der Waals surface area contributed by atoms with Crippen molar-refractivity contribution in [1.29, 1.82) is 0 Å². The van der Waals surface area contributed by atoms with Gasteiger partial charge in [-0.2, -0.15) is 0 Å². The fourth-order valence-corrected chi connectivity index (χ4v) is 2.46. The summed E-state index contributed by atoms with van der Waals surface area (Å²) in [5.41, 5.74) is 1.67. The standard InChI is InChI=1S/C15H11ClN2O2/c16-11-1-2-12-13(9-11)18(8-5-14(12)19)15(20)10-3-6-17-7-4-10/h1-4,6-7,9H,5,8H2. The second-order valence-electron chi connectivity index (χ2n) is 4.53. The van der Waals surface area contributed by atoms with Crippen molar-refractivity contribution >= 4 is 29.0 Å². The van der Waals surface area contributed by atoms with Crippen LogP contribution in [0.5, 0.6) is 0 Å². The second kappa shape index (κ2) is 5.06. The molecule has 0 unspecified atom stereocenters. The Labute approximate surface area is 121 Å². The topological polar surface area (TPSA) is 50.3 Å². The maximum Gasteiger partial charge on any atom is 0.258 e. The first-order valence-electron chi connectivity index (χ1n) is 6.21. The SMILES string of the molecule is O=C1CCN(C(=O)c2ccncc2)c2cc(Cl)ccc21. The van der Waals surface area contributed by atoms with E-state index < -0.39 is 0 Å². The summed E-state index contributed by atoms with van der Waals surface area (Å²) >= 11 is 5.98. The number of anilines is 1. The van der Waals surface area contributed by atoms with E-state index in [2.05, 4.69) is 4.98 Å². The first-order valence-corrected chi connectivity index (χ1v) is 6.59.